The molecule has 2 aromatic rings. The number of benzene rings is 2. The van der Waals surface area contributed by atoms with Gasteiger partial charge in [0.05, 0.1) is 70.4 Å². The van der Waals surface area contributed by atoms with Crippen molar-refractivity contribution in [1.82, 2.24) is 5.32 Å². The number of hydrogen-bond acceptors (Lipinski definition) is 20. The fraction of sp³-hybridized carbons (Fsp3) is 0.660. The molecule has 13 atom stereocenters. The lowest BCUT2D eigenvalue weighted by Gasteiger charge is -2.28. The zero-order chi connectivity index (χ0) is 54.6. The molecule has 1 aliphatic carbocycles. The first-order valence-electron chi connectivity index (χ1n) is 24.8. The number of amides is 1. The van der Waals surface area contributed by atoms with Crippen LogP contribution in [0.25, 0.3) is 20.8 Å². The summed E-state index contributed by atoms with van der Waals surface area (Å²) < 4.78 is 122. The predicted octanol–water partition coefficient (Wildman–Crippen LogP) is 6.13. The molecule has 0 aromatic heterocycles. The largest absolute Gasteiger partial charge is 0.475 e. The van der Waals surface area contributed by atoms with Crippen molar-refractivity contribution in [3.63, 3.8) is 0 Å². The van der Waals surface area contributed by atoms with Crippen LogP contribution in [-0.4, -0.2) is 176 Å². The zero-order valence-electron chi connectivity index (χ0n) is 42.1. The van der Waals surface area contributed by atoms with Crippen LogP contribution in [0.5, 0.6) is 0 Å². The number of carbonyl (C=O) groups is 1. The van der Waals surface area contributed by atoms with Gasteiger partial charge in [0.25, 0.3) is 0 Å². The van der Waals surface area contributed by atoms with E-state index in [0.29, 0.717) is 25.8 Å². The number of nitriles is 1. The minimum Gasteiger partial charge on any atom is -0.449 e. The fourth-order valence-corrected chi connectivity index (χ4v) is 13.0. The number of nitrogens with one attached hydrogen (secondary N) is 1. The number of unbranched alkanes of at least 4 members (excludes halogenated alkanes) is 1. The van der Waals surface area contributed by atoms with Crippen LogP contribution in [0, 0.1) is 30.4 Å². The lowest BCUT2D eigenvalue weighted by atomic mass is 9.96. The quantitative estimate of drug-likeness (QED) is 0.0345. The number of aliphatic hydroxyl groups excluding tert-OH is 1. The van der Waals surface area contributed by atoms with Gasteiger partial charge in [-0.1, -0.05) is 55.0 Å². The first kappa shape index (κ1) is 61.7. The number of rotatable bonds is 34. The Morgan fingerprint density at radius 3 is 1.71 bits per heavy atom. The average Bonchev–Trinajstić information content (AvgIpc) is 4.14. The molecule has 0 spiro atoms. The molecule has 0 bridgehead atoms. The number of nitrogens with zero attached hydrogens (tertiary/aromatic N) is 3. The van der Waals surface area contributed by atoms with Gasteiger partial charge in [0.1, 0.15) is 61.7 Å². The van der Waals surface area contributed by atoms with Crippen molar-refractivity contribution >= 4 is 53.1 Å². The van der Waals surface area contributed by atoms with Crippen LogP contribution in [0.15, 0.2) is 48.5 Å². The molecule has 2 aromatic carbocycles. The molecule has 76 heavy (non-hydrogen) atoms. The highest BCUT2D eigenvalue weighted by molar-refractivity contribution is 7.49. The molecule has 3 saturated heterocycles. The van der Waals surface area contributed by atoms with E-state index in [1.165, 1.54) is 7.11 Å². The van der Waals surface area contributed by atoms with E-state index in [4.69, 9.17) is 101 Å². The number of alkyl carbamates (subject to hydrolysis) is 1. The molecule has 6 radical (unpaired) electrons. The van der Waals surface area contributed by atoms with Crippen molar-refractivity contribution in [2.45, 2.75) is 105 Å². The summed E-state index contributed by atoms with van der Waals surface area (Å²) in [4.78, 5) is 19.2. The highest BCUT2D eigenvalue weighted by Crippen LogP contribution is 2.57. The number of phosphoric acid groups is 3. The molecule has 3 aliphatic heterocycles. The third-order valence-electron chi connectivity index (χ3n) is 12.3. The van der Waals surface area contributed by atoms with Crippen molar-refractivity contribution in [2.24, 2.45) is 5.92 Å². The standard InChI is InChI=1S/C47H62B3N4O19P3/c1-52-18-21-63-75(58,71-38-23-44(48)68-41(38)26-55)66-30-43-40(25-46(50)70-43)73-76(59,64-22-19-53-2)67-31-42-39(24-45(49)69-42)72-74(57,62-20-10-16-51)65-28-32(27-60-3)11-8-9-17-54-47(56)61-29-37-35-14-6-4-12-33(35)34-13-5-7-15-36(34)37/h4-7,12-15,32,37-46,55H,8-11,17-31H2,3H3,(H,54,56)/t32?,38-,39-,40-,41-,42-,43-,44-,45-,46-,74?,75?,76?/m1/s1. The number of hydrogen-bond donors (Lipinski definition) is 2. The second kappa shape index (κ2) is 30.8. The lowest BCUT2D eigenvalue weighted by Crippen LogP contribution is -2.32. The first-order chi connectivity index (χ1) is 36.6. The third kappa shape index (κ3) is 18.5. The molecule has 4 aliphatic rings. The Balaban J connectivity index is 1.02. The van der Waals surface area contributed by atoms with Crippen LogP contribution in [0.3, 0.4) is 0 Å². The van der Waals surface area contributed by atoms with Gasteiger partial charge in [0.2, 0.25) is 13.1 Å². The van der Waals surface area contributed by atoms with E-state index in [9.17, 15) is 28.9 Å². The van der Waals surface area contributed by atoms with E-state index in [0.717, 1.165) is 22.3 Å². The Kier molecular flexibility index (Phi) is 25.0. The lowest BCUT2D eigenvalue weighted by molar-refractivity contribution is -0.0387. The van der Waals surface area contributed by atoms with E-state index >= 15 is 0 Å². The van der Waals surface area contributed by atoms with Crippen molar-refractivity contribution in [3.05, 3.63) is 82.5 Å². The van der Waals surface area contributed by atoms with Crippen molar-refractivity contribution < 1.29 is 88.0 Å². The SMILES string of the molecule is [B][C@H]1C[C@@H](OP(=O)(OCC[N+]#[C-])OC[C@H]2O[C@@H]([B])C[C@H]2OP(=O)(OCC[N+]#[C-])OC[C@H]2O[C@@H]([B])C[C@H]2OP(=O)(OCCC#N)OCC(CCCCNC(=O)OCC2c3ccccc3-c3ccccc32)COC)[C@@H](CO)O1. The summed E-state index contributed by atoms with van der Waals surface area (Å²) in [6.07, 6.45) is -5.79. The molecule has 3 fully saturated rings. The van der Waals surface area contributed by atoms with E-state index in [-0.39, 0.29) is 83.6 Å². The predicted molar refractivity (Wildman–Crippen MR) is 273 cm³/mol. The Morgan fingerprint density at radius 2 is 1.21 bits per heavy atom. The van der Waals surface area contributed by atoms with Gasteiger partial charge in [-0.05, 0) is 54.4 Å². The summed E-state index contributed by atoms with van der Waals surface area (Å²) in [5.74, 6) is -0.386. The van der Waals surface area contributed by atoms with Crippen LogP contribution < -0.4 is 5.32 Å². The third-order valence-corrected chi connectivity index (χ3v) is 16.8. The highest BCUT2D eigenvalue weighted by Gasteiger charge is 2.47. The number of phosphoric ester groups is 3. The van der Waals surface area contributed by atoms with Gasteiger partial charge < -0.3 is 43.8 Å². The van der Waals surface area contributed by atoms with Gasteiger partial charge in [-0.3, -0.25) is 40.7 Å². The molecule has 1 amide bonds. The second-order valence-corrected chi connectivity index (χ2v) is 22.8. The normalized spacial score (nSPS) is 26.7. The van der Waals surface area contributed by atoms with Gasteiger partial charge in [-0.25, -0.2) is 31.6 Å². The molecular weight excluding hydrogens is 1050 g/mol. The van der Waals surface area contributed by atoms with Crippen LogP contribution >= 0.6 is 23.5 Å². The van der Waals surface area contributed by atoms with Crippen LogP contribution in [0.2, 0.25) is 0 Å². The molecule has 4 unspecified atom stereocenters. The van der Waals surface area contributed by atoms with Gasteiger partial charge in [-0.2, -0.15) is 5.26 Å². The summed E-state index contributed by atoms with van der Waals surface area (Å²) in [7, 11) is 5.92. The maximum atomic E-state index is 14.4. The summed E-state index contributed by atoms with van der Waals surface area (Å²) in [6, 6.07) is 15.2. The molecular formula is C47H62B3N4O19P3. The maximum Gasteiger partial charge on any atom is 0.475 e. The minimum absolute atomic E-state index is 0.0367. The van der Waals surface area contributed by atoms with Crippen molar-refractivity contribution in [1.29, 1.82) is 5.26 Å². The Morgan fingerprint density at radius 1 is 0.724 bits per heavy atom. The topological polar surface area (TPSA) is 262 Å². The number of aliphatic hydroxyl groups is 1. The van der Waals surface area contributed by atoms with E-state index in [1.807, 2.05) is 42.5 Å². The van der Waals surface area contributed by atoms with Gasteiger partial charge >= 0.3 is 29.6 Å². The molecule has 408 valence electrons. The molecule has 2 N–H and O–H groups in total. The molecule has 3 heterocycles. The number of ether oxygens (including phenoxy) is 5. The number of carbonyl (C=O) groups excluding carboxylic acids is 1. The van der Waals surface area contributed by atoms with Gasteiger partial charge in [-0.15, -0.1) is 0 Å². The van der Waals surface area contributed by atoms with Crippen molar-refractivity contribution in [3.8, 4) is 17.2 Å². The molecule has 23 nitrogen and oxygen atoms in total. The second-order valence-electron chi connectivity index (χ2n) is 17.9. The number of fused-ring (bicyclic) bond motifs is 3. The van der Waals surface area contributed by atoms with Gasteiger partial charge in [0, 0.05) is 43.5 Å². The average molecular weight is 1110 g/mol. The summed E-state index contributed by atoms with van der Waals surface area (Å²) >= 11 is 0. The van der Waals surface area contributed by atoms with E-state index in [2.05, 4.69) is 27.1 Å². The minimum atomic E-state index is -4.69. The fourth-order valence-electron chi connectivity index (χ4n) is 8.80. The van der Waals surface area contributed by atoms with Gasteiger partial charge in [0.15, 0.2) is 0 Å². The zero-order valence-corrected chi connectivity index (χ0v) is 44.8. The van der Waals surface area contributed by atoms with Crippen LogP contribution in [0.4, 0.5) is 4.79 Å². The Bertz CT molecular complexity index is 2410. The molecule has 29 heteroatoms. The summed E-state index contributed by atoms with van der Waals surface area (Å²) in [5.41, 5.74) is 4.48. The molecule has 6 rings (SSSR count). The van der Waals surface area contributed by atoms with E-state index in [1.54, 1.807) is 0 Å². The van der Waals surface area contributed by atoms with Crippen LogP contribution in [-0.2, 0) is 78.1 Å². The monoisotopic (exact) mass is 1110 g/mol. The van der Waals surface area contributed by atoms with E-state index < -0.39 is 111 Å². The van der Waals surface area contributed by atoms with Crippen molar-refractivity contribution in [2.75, 3.05) is 86.2 Å². The maximum absolute atomic E-state index is 14.4. The summed E-state index contributed by atoms with van der Waals surface area (Å²) in [6.45, 7) is 11.7. The Labute approximate surface area is 447 Å². The van der Waals surface area contributed by atoms with Crippen LogP contribution in [0.1, 0.15) is 62.0 Å². The Hall–Kier alpha value is -3.50. The summed E-state index contributed by atoms with van der Waals surface area (Å²) in [5, 5.41) is 21.8. The first-order valence-corrected chi connectivity index (χ1v) is 29.2. The molecule has 0 saturated carbocycles. The smallest absolute Gasteiger partial charge is 0.449 e. The number of methoxy groups -OCH3 is 1. The highest BCUT2D eigenvalue weighted by atomic mass is 31.2.